The van der Waals surface area contributed by atoms with Crippen molar-refractivity contribution in [3.8, 4) is 0 Å². The molecule has 1 saturated heterocycles. The average molecular weight is 277 g/mol. The summed E-state index contributed by atoms with van der Waals surface area (Å²) in [4.78, 5) is 2.43. The molecule has 0 amide bonds. The first-order chi connectivity index (χ1) is 9.66. The molecule has 112 valence electrons. The topological polar surface area (TPSA) is 46.0 Å². The third kappa shape index (κ3) is 3.04. The Kier molecular flexibility index (Phi) is 4.08. The van der Waals surface area contributed by atoms with Crippen molar-refractivity contribution in [2.45, 2.75) is 52.1 Å². The number of nitrogens with one attached hydrogen (secondary N) is 1. The van der Waals surface area contributed by atoms with Crippen molar-refractivity contribution in [1.82, 2.24) is 25.0 Å². The van der Waals surface area contributed by atoms with E-state index in [2.05, 4.69) is 39.0 Å². The van der Waals surface area contributed by atoms with Gasteiger partial charge in [-0.2, -0.15) is 0 Å². The molecule has 2 aliphatic rings. The van der Waals surface area contributed by atoms with Crippen LogP contribution in [0.5, 0.6) is 0 Å². The monoisotopic (exact) mass is 277 g/mol. The number of aromatic nitrogens is 3. The van der Waals surface area contributed by atoms with E-state index in [1.165, 1.54) is 44.6 Å². The van der Waals surface area contributed by atoms with Gasteiger partial charge in [0.2, 0.25) is 0 Å². The highest BCUT2D eigenvalue weighted by molar-refractivity contribution is 4.98. The molecule has 1 aromatic heterocycles. The van der Waals surface area contributed by atoms with Crippen LogP contribution in [0, 0.1) is 5.41 Å². The number of aryl methyl sites for hydroxylation is 1. The molecule has 1 N–H and O–H groups in total. The average Bonchev–Trinajstić information content (AvgIpc) is 2.86. The summed E-state index contributed by atoms with van der Waals surface area (Å²) in [5.74, 6) is 2.30. The van der Waals surface area contributed by atoms with Crippen LogP contribution in [0.25, 0.3) is 0 Å². The molecular formula is C15H27N5. The molecule has 1 fully saturated rings. The van der Waals surface area contributed by atoms with Gasteiger partial charge in [-0.3, -0.25) is 0 Å². The zero-order valence-electron chi connectivity index (χ0n) is 12.9. The van der Waals surface area contributed by atoms with E-state index in [1.807, 2.05) is 0 Å². The highest BCUT2D eigenvalue weighted by Gasteiger charge is 2.28. The van der Waals surface area contributed by atoms with E-state index < -0.39 is 0 Å². The third-order valence-corrected chi connectivity index (χ3v) is 4.97. The van der Waals surface area contributed by atoms with Gasteiger partial charge in [-0.05, 0) is 51.2 Å². The van der Waals surface area contributed by atoms with Crippen molar-refractivity contribution in [1.29, 1.82) is 0 Å². The Labute approximate surface area is 121 Å². The molecule has 0 bridgehead atoms. The van der Waals surface area contributed by atoms with Crippen molar-refractivity contribution >= 4 is 0 Å². The molecule has 3 rings (SSSR count). The lowest BCUT2D eigenvalue weighted by molar-refractivity contribution is 0.136. The summed E-state index contributed by atoms with van der Waals surface area (Å²) in [6.07, 6.45) is 6.19. The van der Waals surface area contributed by atoms with E-state index in [1.54, 1.807) is 0 Å². The van der Waals surface area contributed by atoms with Crippen LogP contribution in [0.1, 0.15) is 44.3 Å². The van der Waals surface area contributed by atoms with Crippen LogP contribution in [0.4, 0.5) is 0 Å². The van der Waals surface area contributed by atoms with Gasteiger partial charge in [0.05, 0.1) is 6.54 Å². The van der Waals surface area contributed by atoms with Gasteiger partial charge in [-0.15, -0.1) is 10.2 Å². The summed E-state index contributed by atoms with van der Waals surface area (Å²) in [5, 5.41) is 12.3. The number of hydrogen-bond donors (Lipinski definition) is 1. The second kappa shape index (κ2) is 5.82. The standard InChI is InChI=1S/C15H27N5/c1-15(6-9-19(2)10-7-15)12-16-11-14-18-17-13-5-3-4-8-20(13)14/h16H,3-12H2,1-2H3. The summed E-state index contributed by atoms with van der Waals surface area (Å²) in [5.41, 5.74) is 0.442. The second-order valence-corrected chi connectivity index (χ2v) is 6.86. The number of fused-ring (bicyclic) bond motifs is 1. The Bertz CT molecular complexity index is 445. The van der Waals surface area contributed by atoms with Crippen molar-refractivity contribution in [2.24, 2.45) is 5.41 Å². The third-order valence-electron chi connectivity index (χ3n) is 4.97. The largest absolute Gasteiger partial charge is 0.314 e. The smallest absolute Gasteiger partial charge is 0.147 e. The molecule has 0 radical (unpaired) electrons. The van der Waals surface area contributed by atoms with Crippen LogP contribution < -0.4 is 5.32 Å². The van der Waals surface area contributed by atoms with E-state index in [0.29, 0.717) is 5.41 Å². The van der Waals surface area contributed by atoms with Gasteiger partial charge in [0, 0.05) is 19.5 Å². The van der Waals surface area contributed by atoms with Gasteiger partial charge in [0.15, 0.2) is 0 Å². The molecule has 2 aliphatic heterocycles. The van der Waals surface area contributed by atoms with Crippen LogP contribution in [-0.2, 0) is 19.5 Å². The van der Waals surface area contributed by atoms with E-state index in [9.17, 15) is 0 Å². The first kappa shape index (κ1) is 14.0. The van der Waals surface area contributed by atoms with Crippen LogP contribution in [-0.4, -0.2) is 46.3 Å². The normalized spacial score (nSPS) is 22.7. The SMILES string of the molecule is CN1CCC(C)(CNCc2nnc3n2CCCC3)CC1. The maximum Gasteiger partial charge on any atom is 0.147 e. The summed E-state index contributed by atoms with van der Waals surface area (Å²) in [6.45, 7) is 7.90. The first-order valence-electron chi connectivity index (χ1n) is 7.97. The van der Waals surface area contributed by atoms with Crippen LogP contribution in [0.2, 0.25) is 0 Å². The number of hydrogen-bond acceptors (Lipinski definition) is 4. The number of rotatable bonds is 4. The molecule has 0 aliphatic carbocycles. The van der Waals surface area contributed by atoms with Gasteiger partial charge in [0.1, 0.15) is 11.6 Å². The molecule has 3 heterocycles. The van der Waals surface area contributed by atoms with Crippen molar-refractivity contribution in [2.75, 3.05) is 26.7 Å². The molecule has 0 saturated carbocycles. The predicted octanol–water partition coefficient (Wildman–Crippen LogP) is 1.44. The Balaban J connectivity index is 1.51. The van der Waals surface area contributed by atoms with E-state index in [0.717, 1.165) is 31.9 Å². The van der Waals surface area contributed by atoms with Crippen LogP contribution in [0.15, 0.2) is 0 Å². The minimum absolute atomic E-state index is 0.442. The molecule has 0 unspecified atom stereocenters. The number of likely N-dealkylation sites (tertiary alicyclic amines) is 1. The Hall–Kier alpha value is -0.940. The Morgan fingerprint density at radius 1 is 1.15 bits per heavy atom. The van der Waals surface area contributed by atoms with Crippen molar-refractivity contribution < 1.29 is 0 Å². The van der Waals surface area contributed by atoms with Crippen LogP contribution in [0.3, 0.4) is 0 Å². The lowest BCUT2D eigenvalue weighted by Gasteiger charge is -2.38. The number of nitrogens with zero attached hydrogens (tertiary/aromatic N) is 4. The van der Waals surface area contributed by atoms with Gasteiger partial charge >= 0.3 is 0 Å². The Morgan fingerprint density at radius 3 is 2.75 bits per heavy atom. The maximum absolute atomic E-state index is 4.36. The van der Waals surface area contributed by atoms with Gasteiger partial charge < -0.3 is 14.8 Å². The van der Waals surface area contributed by atoms with E-state index in [4.69, 9.17) is 0 Å². The van der Waals surface area contributed by atoms with E-state index >= 15 is 0 Å². The fourth-order valence-electron chi connectivity index (χ4n) is 3.31. The second-order valence-electron chi connectivity index (χ2n) is 6.86. The molecule has 20 heavy (non-hydrogen) atoms. The minimum atomic E-state index is 0.442. The predicted molar refractivity (Wildman–Crippen MR) is 79.5 cm³/mol. The van der Waals surface area contributed by atoms with Crippen LogP contribution >= 0.6 is 0 Å². The lowest BCUT2D eigenvalue weighted by Crippen LogP contribution is -2.42. The highest BCUT2D eigenvalue weighted by Crippen LogP contribution is 2.29. The Morgan fingerprint density at radius 2 is 1.95 bits per heavy atom. The maximum atomic E-state index is 4.36. The molecule has 1 aromatic rings. The summed E-state index contributed by atoms with van der Waals surface area (Å²) in [6, 6.07) is 0. The molecule has 5 heteroatoms. The minimum Gasteiger partial charge on any atom is -0.314 e. The van der Waals surface area contributed by atoms with Gasteiger partial charge in [-0.25, -0.2) is 0 Å². The molecule has 0 atom stereocenters. The zero-order chi connectivity index (χ0) is 14.0. The summed E-state index contributed by atoms with van der Waals surface area (Å²) < 4.78 is 2.31. The first-order valence-corrected chi connectivity index (χ1v) is 7.97. The van der Waals surface area contributed by atoms with Gasteiger partial charge in [-0.1, -0.05) is 6.92 Å². The molecular weight excluding hydrogens is 250 g/mol. The van der Waals surface area contributed by atoms with Crippen molar-refractivity contribution in [3.05, 3.63) is 11.6 Å². The number of piperidine rings is 1. The fraction of sp³-hybridized carbons (Fsp3) is 0.867. The molecule has 0 spiro atoms. The summed E-state index contributed by atoms with van der Waals surface area (Å²) >= 11 is 0. The highest BCUT2D eigenvalue weighted by atomic mass is 15.3. The molecule has 0 aromatic carbocycles. The fourth-order valence-corrected chi connectivity index (χ4v) is 3.31. The lowest BCUT2D eigenvalue weighted by atomic mass is 9.80. The van der Waals surface area contributed by atoms with Crippen molar-refractivity contribution in [3.63, 3.8) is 0 Å². The van der Waals surface area contributed by atoms with E-state index in [-0.39, 0.29) is 0 Å². The zero-order valence-corrected chi connectivity index (χ0v) is 12.9. The quantitative estimate of drug-likeness (QED) is 0.904. The molecule has 5 nitrogen and oxygen atoms in total. The summed E-state index contributed by atoms with van der Waals surface area (Å²) in [7, 11) is 2.22. The van der Waals surface area contributed by atoms with Gasteiger partial charge in [0.25, 0.3) is 0 Å².